The number of nitriles is 1. The van der Waals surface area contributed by atoms with Crippen molar-refractivity contribution in [3.05, 3.63) is 34.1 Å². The van der Waals surface area contributed by atoms with E-state index in [1.807, 2.05) is 0 Å². The number of benzene rings is 1. The van der Waals surface area contributed by atoms with E-state index >= 15 is 0 Å². The van der Waals surface area contributed by atoms with Gasteiger partial charge in [-0.25, -0.2) is 22.0 Å². The van der Waals surface area contributed by atoms with E-state index in [1.165, 1.54) is 0 Å². The molecule has 6 heteroatoms. The van der Waals surface area contributed by atoms with Gasteiger partial charge in [-0.15, -0.1) is 0 Å². The van der Waals surface area contributed by atoms with Crippen LogP contribution in [0.25, 0.3) is 0 Å². The quantitative estimate of drug-likeness (QED) is 0.527. The first-order valence-corrected chi connectivity index (χ1v) is 3.77. The van der Waals surface area contributed by atoms with Crippen LogP contribution in [0.2, 0.25) is 0 Å². The second-order valence-electron chi connectivity index (χ2n) is 2.77. The topological polar surface area (TPSA) is 23.8 Å². The number of nitrogens with zero attached hydrogens (tertiary/aromatic N) is 1. The molecular formula is C9H4F5N. The van der Waals surface area contributed by atoms with Crippen molar-refractivity contribution in [2.24, 2.45) is 0 Å². The average molecular weight is 221 g/mol. The number of rotatable bonds is 1. The van der Waals surface area contributed by atoms with Crippen LogP contribution in [0.3, 0.4) is 0 Å². The van der Waals surface area contributed by atoms with Crippen LogP contribution < -0.4 is 0 Å². The molecule has 0 saturated heterocycles. The Labute approximate surface area is 81.7 Å². The van der Waals surface area contributed by atoms with Crippen molar-refractivity contribution in [1.29, 1.82) is 5.26 Å². The molecule has 0 aliphatic rings. The monoisotopic (exact) mass is 221 g/mol. The minimum Gasteiger partial charge on any atom is -0.205 e. The van der Waals surface area contributed by atoms with E-state index in [0.717, 1.165) is 13.0 Å². The Kier molecular flexibility index (Phi) is 2.93. The molecule has 0 aliphatic heterocycles. The summed E-state index contributed by atoms with van der Waals surface area (Å²) in [5.41, 5.74) is -3.42. The molecule has 0 radical (unpaired) electrons. The van der Waals surface area contributed by atoms with E-state index in [0.29, 0.717) is 0 Å². The first-order valence-electron chi connectivity index (χ1n) is 3.77. The summed E-state index contributed by atoms with van der Waals surface area (Å²) < 4.78 is 63.5. The minimum atomic E-state index is -3.30. The highest BCUT2D eigenvalue weighted by Crippen LogP contribution is 2.31. The summed E-state index contributed by atoms with van der Waals surface area (Å²) in [6.45, 7) is 0.824. The van der Waals surface area contributed by atoms with Crippen LogP contribution in [0.4, 0.5) is 22.0 Å². The summed E-state index contributed by atoms with van der Waals surface area (Å²) in [5, 5.41) is 8.28. The highest BCUT2D eigenvalue weighted by molar-refractivity contribution is 5.42. The van der Waals surface area contributed by atoms with Crippen molar-refractivity contribution in [2.75, 3.05) is 0 Å². The first-order chi connectivity index (χ1) is 6.91. The number of alkyl halides is 2. The normalized spacial score (nSPS) is 10.5. The molecule has 0 aliphatic carbocycles. The summed E-state index contributed by atoms with van der Waals surface area (Å²) in [5.74, 6) is -5.07. The second kappa shape index (κ2) is 3.85. The maximum Gasteiger partial charge on any atom is 0.267 e. The zero-order valence-corrected chi connectivity index (χ0v) is 7.41. The molecule has 0 bridgehead atoms. The molecule has 0 atom stereocenters. The van der Waals surface area contributed by atoms with Crippen molar-refractivity contribution < 1.29 is 22.0 Å². The predicted molar refractivity (Wildman–Crippen MR) is 40.7 cm³/mol. The first kappa shape index (κ1) is 11.4. The Morgan fingerprint density at radius 1 is 1.07 bits per heavy atom. The minimum absolute atomic E-state index is 0.820. The predicted octanol–water partition coefficient (Wildman–Crippen LogP) is 3.22. The molecule has 1 rings (SSSR count). The molecule has 0 amide bonds. The molecule has 0 spiro atoms. The highest BCUT2D eigenvalue weighted by Gasteiger charge is 2.27. The van der Waals surface area contributed by atoms with Gasteiger partial charge in [-0.1, -0.05) is 0 Å². The Hall–Kier alpha value is -1.64. The average Bonchev–Trinajstić information content (AvgIpc) is 2.15. The highest BCUT2D eigenvalue weighted by atomic mass is 19.3. The van der Waals surface area contributed by atoms with Gasteiger partial charge in [-0.2, -0.15) is 5.26 Å². The maximum atomic E-state index is 13.1. The third kappa shape index (κ3) is 1.65. The molecule has 0 fully saturated rings. The summed E-state index contributed by atoms with van der Waals surface area (Å²) >= 11 is 0. The molecule has 0 saturated carbocycles. The lowest BCUT2D eigenvalue weighted by molar-refractivity contribution is 0.144. The molecule has 0 N–H and O–H groups in total. The summed E-state index contributed by atoms with van der Waals surface area (Å²) in [6.07, 6.45) is -3.30. The number of hydrogen-bond acceptors (Lipinski definition) is 1. The van der Waals surface area contributed by atoms with Crippen molar-refractivity contribution in [1.82, 2.24) is 0 Å². The lowest BCUT2D eigenvalue weighted by Crippen LogP contribution is -2.06. The number of hydrogen-bond donors (Lipinski definition) is 0. The second-order valence-corrected chi connectivity index (χ2v) is 2.77. The maximum absolute atomic E-state index is 13.1. The van der Waals surface area contributed by atoms with E-state index in [1.54, 1.807) is 0 Å². The Morgan fingerprint density at radius 2 is 1.60 bits per heavy atom. The van der Waals surface area contributed by atoms with Crippen LogP contribution >= 0.6 is 0 Å². The van der Waals surface area contributed by atoms with Gasteiger partial charge in [0.2, 0.25) is 0 Å². The fourth-order valence-electron chi connectivity index (χ4n) is 1.15. The van der Waals surface area contributed by atoms with Crippen molar-refractivity contribution in [3.8, 4) is 6.07 Å². The van der Waals surface area contributed by atoms with Gasteiger partial charge in [0.05, 0.1) is 5.56 Å². The van der Waals surface area contributed by atoms with E-state index in [-0.39, 0.29) is 0 Å². The van der Waals surface area contributed by atoms with Gasteiger partial charge in [0, 0.05) is 0 Å². The third-order valence-corrected chi connectivity index (χ3v) is 1.93. The molecular weight excluding hydrogens is 217 g/mol. The van der Waals surface area contributed by atoms with E-state index in [4.69, 9.17) is 5.26 Å². The van der Waals surface area contributed by atoms with Gasteiger partial charge >= 0.3 is 0 Å². The zero-order valence-electron chi connectivity index (χ0n) is 7.41. The van der Waals surface area contributed by atoms with Gasteiger partial charge in [-0.05, 0) is 12.5 Å². The lowest BCUT2D eigenvalue weighted by Gasteiger charge is -2.09. The third-order valence-electron chi connectivity index (χ3n) is 1.93. The molecule has 15 heavy (non-hydrogen) atoms. The molecule has 1 aromatic rings. The van der Waals surface area contributed by atoms with Gasteiger partial charge in [-0.3, -0.25) is 0 Å². The Bertz CT molecular complexity index is 447. The van der Waals surface area contributed by atoms with Crippen LogP contribution in [0, 0.1) is 35.7 Å². The van der Waals surface area contributed by atoms with Gasteiger partial charge in [0.15, 0.2) is 17.5 Å². The van der Waals surface area contributed by atoms with Crippen molar-refractivity contribution in [2.45, 2.75) is 13.3 Å². The van der Waals surface area contributed by atoms with Gasteiger partial charge in [0.25, 0.3) is 6.43 Å². The van der Waals surface area contributed by atoms with E-state index in [9.17, 15) is 22.0 Å². The van der Waals surface area contributed by atoms with Crippen LogP contribution in [-0.4, -0.2) is 0 Å². The Balaban J connectivity index is 3.70. The smallest absolute Gasteiger partial charge is 0.205 e. The Morgan fingerprint density at radius 3 is 2.00 bits per heavy atom. The molecule has 1 nitrogen and oxygen atoms in total. The molecule has 0 heterocycles. The molecule has 0 unspecified atom stereocenters. The summed E-state index contributed by atoms with van der Waals surface area (Å²) in [7, 11) is 0. The fourth-order valence-corrected chi connectivity index (χ4v) is 1.15. The largest absolute Gasteiger partial charge is 0.267 e. The standard InChI is InChI=1S/C9H4F5N/c1-3-5(9(13)14)7(11)4(2-15)8(12)6(3)10/h9H,1H3. The van der Waals surface area contributed by atoms with Crippen LogP contribution in [0.15, 0.2) is 0 Å². The molecule has 0 aromatic heterocycles. The summed E-state index contributed by atoms with van der Waals surface area (Å²) in [4.78, 5) is 0. The van der Waals surface area contributed by atoms with Crippen LogP contribution in [0.1, 0.15) is 23.1 Å². The fraction of sp³-hybridized carbons (Fsp3) is 0.222. The van der Waals surface area contributed by atoms with E-state index < -0.39 is 40.6 Å². The van der Waals surface area contributed by atoms with Crippen LogP contribution in [-0.2, 0) is 0 Å². The zero-order chi connectivity index (χ0) is 11.7. The number of halogens is 5. The van der Waals surface area contributed by atoms with Crippen molar-refractivity contribution in [3.63, 3.8) is 0 Å². The lowest BCUT2D eigenvalue weighted by atomic mass is 10.0. The molecule has 80 valence electrons. The van der Waals surface area contributed by atoms with Gasteiger partial charge < -0.3 is 0 Å². The SMILES string of the molecule is Cc1c(F)c(F)c(C#N)c(F)c1C(F)F. The summed E-state index contributed by atoms with van der Waals surface area (Å²) in [6, 6.07) is 1.00. The van der Waals surface area contributed by atoms with Gasteiger partial charge in [0.1, 0.15) is 11.6 Å². The van der Waals surface area contributed by atoms with Crippen molar-refractivity contribution >= 4 is 0 Å². The van der Waals surface area contributed by atoms with Crippen LogP contribution in [0.5, 0.6) is 0 Å². The molecule has 1 aromatic carbocycles. The van der Waals surface area contributed by atoms with E-state index in [2.05, 4.69) is 0 Å².